The molecule has 0 amide bonds. The van der Waals surface area contributed by atoms with Crippen molar-refractivity contribution in [1.29, 1.82) is 0 Å². The molecule has 1 aromatic rings. The van der Waals surface area contributed by atoms with Gasteiger partial charge in [0, 0.05) is 15.8 Å². The maximum absolute atomic E-state index is 5.90. The highest BCUT2D eigenvalue weighted by Crippen LogP contribution is 2.21. The lowest BCUT2D eigenvalue weighted by atomic mass is 10.2. The van der Waals surface area contributed by atoms with Gasteiger partial charge in [-0.3, -0.25) is 0 Å². The summed E-state index contributed by atoms with van der Waals surface area (Å²) in [5.41, 5.74) is 0.929. The highest BCUT2D eigenvalue weighted by molar-refractivity contribution is 7.80. The Bertz CT molecular complexity index is 295. The SMILES string of the molecule is SCC=Cc1cc(Cl)ccc1Cl. The van der Waals surface area contributed by atoms with Crippen LogP contribution in [0.15, 0.2) is 24.3 Å². The van der Waals surface area contributed by atoms with Gasteiger partial charge in [-0.2, -0.15) is 12.6 Å². The predicted octanol–water partition coefficient (Wildman–Crippen LogP) is 3.94. The van der Waals surface area contributed by atoms with E-state index in [0.29, 0.717) is 15.8 Å². The smallest absolute Gasteiger partial charge is 0.0479 e. The van der Waals surface area contributed by atoms with Gasteiger partial charge >= 0.3 is 0 Å². The first kappa shape index (κ1) is 9.97. The van der Waals surface area contributed by atoms with Crippen molar-refractivity contribution in [1.82, 2.24) is 0 Å². The minimum absolute atomic E-state index is 0.693. The molecule has 12 heavy (non-hydrogen) atoms. The fourth-order valence-electron chi connectivity index (χ4n) is 0.822. The monoisotopic (exact) mass is 218 g/mol. The summed E-state index contributed by atoms with van der Waals surface area (Å²) >= 11 is 15.7. The molecule has 0 heterocycles. The predicted molar refractivity (Wildman–Crippen MR) is 59.3 cm³/mol. The van der Waals surface area contributed by atoms with Gasteiger partial charge in [-0.05, 0) is 23.8 Å². The van der Waals surface area contributed by atoms with Gasteiger partial charge in [-0.15, -0.1) is 0 Å². The van der Waals surface area contributed by atoms with Crippen molar-refractivity contribution in [2.45, 2.75) is 0 Å². The van der Waals surface area contributed by atoms with E-state index in [1.165, 1.54) is 0 Å². The summed E-state index contributed by atoms with van der Waals surface area (Å²) in [4.78, 5) is 0. The van der Waals surface area contributed by atoms with Crippen LogP contribution in [0.3, 0.4) is 0 Å². The minimum Gasteiger partial charge on any atom is -0.175 e. The van der Waals surface area contributed by atoms with E-state index in [1.807, 2.05) is 18.2 Å². The lowest BCUT2D eigenvalue weighted by Gasteiger charge is -1.97. The van der Waals surface area contributed by atoms with Crippen LogP contribution in [0.5, 0.6) is 0 Å². The third kappa shape index (κ3) is 2.74. The minimum atomic E-state index is 0.693. The molecule has 0 bridgehead atoms. The lowest BCUT2D eigenvalue weighted by molar-refractivity contribution is 1.64. The molecule has 0 spiro atoms. The molecule has 0 unspecified atom stereocenters. The topological polar surface area (TPSA) is 0 Å². The second-order valence-corrected chi connectivity index (χ2v) is 3.46. The van der Waals surface area contributed by atoms with Gasteiger partial charge in [0.15, 0.2) is 0 Å². The Morgan fingerprint density at radius 1 is 1.33 bits per heavy atom. The van der Waals surface area contributed by atoms with E-state index in [4.69, 9.17) is 23.2 Å². The van der Waals surface area contributed by atoms with Crippen molar-refractivity contribution in [2.24, 2.45) is 0 Å². The first-order chi connectivity index (χ1) is 5.74. The Balaban J connectivity index is 2.97. The molecule has 0 aliphatic carbocycles. The summed E-state index contributed by atoms with van der Waals surface area (Å²) in [7, 11) is 0. The molecule has 0 atom stereocenters. The zero-order valence-corrected chi connectivity index (χ0v) is 8.70. The molecular formula is C9H8Cl2S. The number of benzene rings is 1. The summed E-state index contributed by atoms with van der Waals surface area (Å²) in [6, 6.07) is 5.37. The number of halogens is 2. The summed E-state index contributed by atoms with van der Waals surface area (Å²) < 4.78 is 0. The molecule has 0 N–H and O–H groups in total. The van der Waals surface area contributed by atoms with E-state index in [-0.39, 0.29) is 0 Å². The van der Waals surface area contributed by atoms with Crippen LogP contribution in [0.4, 0.5) is 0 Å². The van der Waals surface area contributed by atoms with Crippen molar-refractivity contribution in [3.8, 4) is 0 Å². The Hall–Kier alpha value is -0.110. The molecule has 3 heteroatoms. The van der Waals surface area contributed by atoms with Crippen LogP contribution >= 0.6 is 35.8 Å². The van der Waals surface area contributed by atoms with Crippen molar-refractivity contribution >= 4 is 41.9 Å². The van der Waals surface area contributed by atoms with Crippen molar-refractivity contribution < 1.29 is 0 Å². The van der Waals surface area contributed by atoms with Crippen LogP contribution in [0.1, 0.15) is 5.56 Å². The molecule has 0 fully saturated rings. The van der Waals surface area contributed by atoms with Gasteiger partial charge in [0.05, 0.1) is 0 Å². The molecule has 0 aliphatic heterocycles. The van der Waals surface area contributed by atoms with Crippen molar-refractivity contribution in [2.75, 3.05) is 5.75 Å². The van der Waals surface area contributed by atoms with Gasteiger partial charge in [-0.1, -0.05) is 35.4 Å². The average molecular weight is 219 g/mol. The summed E-state index contributed by atoms with van der Waals surface area (Å²) in [6.45, 7) is 0. The largest absolute Gasteiger partial charge is 0.175 e. The third-order valence-electron chi connectivity index (χ3n) is 1.36. The van der Waals surface area contributed by atoms with Gasteiger partial charge in [0.1, 0.15) is 0 Å². The number of rotatable bonds is 2. The molecule has 0 saturated carbocycles. The molecule has 1 rings (SSSR count). The highest BCUT2D eigenvalue weighted by Gasteiger charge is 1.95. The van der Waals surface area contributed by atoms with E-state index in [9.17, 15) is 0 Å². The molecule has 0 radical (unpaired) electrons. The van der Waals surface area contributed by atoms with E-state index >= 15 is 0 Å². The molecular weight excluding hydrogens is 211 g/mol. The zero-order valence-electron chi connectivity index (χ0n) is 6.30. The summed E-state index contributed by atoms with van der Waals surface area (Å²) in [5, 5.41) is 1.40. The Morgan fingerprint density at radius 2 is 2.08 bits per heavy atom. The zero-order chi connectivity index (χ0) is 8.97. The van der Waals surface area contributed by atoms with Crippen LogP contribution in [0, 0.1) is 0 Å². The molecule has 64 valence electrons. The van der Waals surface area contributed by atoms with E-state index in [2.05, 4.69) is 12.6 Å². The maximum Gasteiger partial charge on any atom is 0.0479 e. The second-order valence-electron chi connectivity index (χ2n) is 2.25. The van der Waals surface area contributed by atoms with Gasteiger partial charge in [0.25, 0.3) is 0 Å². The van der Waals surface area contributed by atoms with Crippen molar-refractivity contribution in [3.05, 3.63) is 39.9 Å². The molecule has 0 aromatic heterocycles. The summed E-state index contributed by atoms with van der Waals surface area (Å²) in [5.74, 6) is 0.697. The second kappa shape index (κ2) is 4.80. The Labute approximate surface area is 87.6 Å². The average Bonchev–Trinajstić information content (AvgIpc) is 2.07. The fourth-order valence-corrected chi connectivity index (χ4v) is 1.29. The first-order valence-corrected chi connectivity index (χ1v) is 4.85. The highest BCUT2D eigenvalue weighted by atomic mass is 35.5. The van der Waals surface area contributed by atoms with E-state index < -0.39 is 0 Å². The van der Waals surface area contributed by atoms with Crippen LogP contribution < -0.4 is 0 Å². The van der Waals surface area contributed by atoms with Crippen LogP contribution in [-0.2, 0) is 0 Å². The van der Waals surface area contributed by atoms with Gasteiger partial charge < -0.3 is 0 Å². The normalized spacial score (nSPS) is 10.9. The standard InChI is InChI=1S/C9H8Cl2S/c10-8-3-4-9(11)7(6-8)2-1-5-12/h1-4,6,12H,5H2. The third-order valence-corrected chi connectivity index (χ3v) is 2.15. The maximum atomic E-state index is 5.90. The quantitative estimate of drug-likeness (QED) is 0.715. The van der Waals surface area contributed by atoms with Crippen molar-refractivity contribution in [3.63, 3.8) is 0 Å². The molecule has 0 aliphatic rings. The van der Waals surface area contributed by atoms with Crippen LogP contribution in [-0.4, -0.2) is 5.75 Å². The summed E-state index contributed by atoms with van der Waals surface area (Å²) in [6.07, 6.45) is 3.82. The van der Waals surface area contributed by atoms with E-state index in [0.717, 1.165) is 5.56 Å². The number of hydrogen-bond acceptors (Lipinski definition) is 1. The first-order valence-electron chi connectivity index (χ1n) is 3.46. The van der Waals surface area contributed by atoms with E-state index in [1.54, 1.807) is 12.1 Å². The number of hydrogen-bond donors (Lipinski definition) is 1. The molecule has 1 aromatic carbocycles. The lowest BCUT2D eigenvalue weighted by Crippen LogP contribution is -1.75. The van der Waals surface area contributed by atoms with Gasteiger partial charge in [-0.25, -0.2) is 0 Å². The molecule has 0 nitrogen and oxygen atoms in total. The van der Waals surface area contributed by atoms with Crippen LogP contribution in [0.2, 0.25) is 10.0 Å². The van der Waals surface area contributed by atoms with Gasteiger partial charge in [0.2, 0.25) is 0 Å². The van der Waals surface area contributed by atoms with Crippen LogP contribution in [0.25, 0.3) is 6.08 Å². The Morgan fingerprint density at radius 3 is 2.75 bits per heavy atom. The molecule has 0 saturated heterocycles. The fraction of sp³-hybridized carbons (Fsp3) is 0.111. The Kier molecular flexibility index (Phi) is 3.99. The number of thiol groups is 1.